The Morgan fingerprint density at radius 3 is 2.63 bits per heavy atom. The highest BCUT2D eigenvalue weighted by molar-refractivity contribution is 7.89. The predicted octanol–water partition coefficient (Wildman–Crippen LogP) is 3.68. The standard InChI is InChI=1S/C23H30FN3O2S/c1-18-8-11-23(19-6-3-2-4-7-19)30(28,29)27(18)17-20-9-10-21(16-22(20)24)26-14-5-12-25-13-15-26/h2-4,6-7,9-10,16,18,23,25H,5,8,11-15,17H2,1H3. The van der Waals surface area contributed by atoms with Gasteiger partial charge in [0.1, 0.15) is 11.1 Å². The summed E-state index contributed by atoms with van der Waals surface area (Å²) in [6.45, 7) is 5.57. The van der Waals surface area contributed by atoms with Crippen LogP contribution in [-0.2, 0) is 16.6 Å². The second-order valence-corrected chi connectivity index (χ2v) is 10.4. The van der Waals surface area contributed by atoms with E-state index in [2.05, 4.69) is 10.2 Å². The first kappa shape index (κ1) is 21.3. The van der Waals surface area contributed by atoms with Crippen molar-refractivity contribution in [1.29, 1.82) is 0 Å². The molecule has 2 atom stereocenters. The van der Waals surface area contributed by atoms with E-state index in [0.29, 0.717) is 12.0 Å². The smallest absolute Gasteiger partial charge is 0.221 e. The minimum absolute atomic E-state index is 0.0699. The molecule has 7 heteroatoms. The van der Waals surface area contributed by atoms with Crippen LogP contribution in [0.4, 0.5) is 10.1 Å². The van der Waals surface area contributed by atoms with Crippen molar-refractivity contribution in [3.05, 3.63) is 65.5 Å². The summed E-state index contributed by atoms with van der Waals surface area (Å²) < 4.78 is 43.2. The van der Waals surface area contributed by atoms with Gasteiger partial charge < -0.3 is 10.2 Å². The lowest BCUT2D eigenvalue weighted by atomic mass is 10.0. The maximum absolute atomic E-state index is 15.0. The molecule has 1 N–H and O–H groups in total. The number of nitrogens with one attached hydrogen (secondary N) is 1. The molecule has 30 heavy (non-hydrogen) atoms. The normalized spacial score (nSPS) is 25.1. The van der Waals surface area contributed by atoms with Crippen molar-refractivity contribution in [3.63, 3.8) is 0 Å². The van der Waals surface area contributed by atoms with E-state index >= 15 is 0 Å². The zero-order valence-electron chi connectivity index (χ0n) is 17.4. The van der Waals surface area contributed by atoms with Gasteiger partial charge in [-0.05, 0) is 50.4 Å². The van der Waals surface area contributed by atoms with Crippen molar-refractivity contribution >= 4 is 15.7 Å². The van der Waals surface area contributed by atoms with Gasteiger partial charge in [-0.1, -0.05) is 36.4 Å². The van der Waals surface area contributed by atoms with Crippen molar-refractivity contribution in [2.24, 2.45) is 0 Å². The lowest BCUT2D eigenvalue weighted by Gasteiger charge is -2.37. The van der Waals surface area contributed by atoms with Crippen LogP contribution in [0.1, 0.15) is 42.6 Å². The number of halogens is 1. The summed E-state index contributed by atoms with van der Waals surface area (Å²) in [5.74, 6) is -0.339. The number of rotatable bonds is 4. The molecular formula is C23H30FN3O2S. The Labute approximate surface area is 178 Å². The molecule has 2 saturated heterocycles. The van der Waals surface area contributed by atoms with E-state index in [0.717, 1.165) is 50.3 Å². The summed E-state index contributed by atoms with van der Waals surface area (Å²) in [6.07, 6.45) is 2.38. The Morgan fingerprint density at radius 1 is 1.07 bits per heavy atom. The fourth-order valence-corrected chi connectivity index (χ4v) is 6.67. The van der Waals surface area contributed by atoms with Crippen molar-refractivity contribution in [1.82, 2.24) is 9.62 Å². The molecule has 2 aliphatic rings. The Morgan fingerprint density at radius 2 is 1.87 bits per heavy atom. The van der Waals surface area contributed by atoms with Gasteiger partial charge in [-0.2, -0.15) is 4.31 Å². The lowest BCUT2D eigenvalue weighted by molar-refractivity contribution is 0.279. The predicted molar refractivity (Wildman–Crippen MR) is 118 cm³/mol. The third-order valence-electron chi connectivity index (χ3n) is 6.26. The van der Waals surface area contributed by atoms with E-state index in [4.69, 9.17) is 0 Å². The van der Waals surface area contributed by atoms with Crippen LogP contribution in [0.5, 0.6) is 0 Å². The van der Waals surface area contributed by atoms with E-state index in [1.807, 2.05) is 43.3 Å². The molecule has 0 radical (unpaired) electrons. The van der Waals surface area contributed by atoms with E-state index < -0.39 is 15.3 Å². The topological polar surface area (TPSA) is 52.7 Å². The third kappa shape index (κ3) is 4.38. The van der Waals surface area contributed by atoms with E-state index in [1.54, 1.807) is 12.1 Å². The highest BCUT2D eigenvalue weighted by Gasteiger charge is 2.40. The molecule has 0 aliphatic carbocycles. The van der Waals surface area contributed by atoms with E-state index in [-0.39, 0.29) is 18.4 Å². The molecule has 4 rings (SSSR count). The minimum Gasteiger partial charge on any atom is -0.370 e. The maximum Gasteiger partial charge on any atom is 0.221 e. The molecule has 0 amide bonds. The van der Waals surface area contributed by atoms with Gasteiger partial charge in [-0.3, -0.25) is 0 Å². The number of anilines is 1. The molecule has 2 aromatic rings. The molecule has 2 aliphatic heterocycles. The molecule has 0 saturated carbocycles. The van der Waals surface area contributed by atoms with Crippen LogP contribution in [0.15, 0.2) is 48.5 Å². The van der Waals surface area contributed by atoms with Gasteiger partial charge in [0.15, 0.2) is 0 Å². The van der Waals surface area contributed by atoms with Gasteiger partial charge >= 0.3 is 0 Å². The average Bonchev–Trinajstić information content (AvgIpc) is 3.02. The molecule has 2 aromatic carbocycles. The summed E-state index contributed by atoms with van der Waals surface area (Å²) in [4.78, 5) is 2.18. The van der Waals surface area contributed by atoms with Gasteiger partial charge in [-0.15, -0.1) is 0 Å². The Kier molecular flexibility index (Phi) is 6.41. The fourth-order valence-electron chi connectivity index (χ4n) is 4.48. The van der Waals surface area contributed by atoms with Gasteiger partial charge in [-0.25, -0.2) is 12.8 Å². The quantitative estimate of drug-likeness (QED) is 0.802. The molecule has 0 spiro atoms. The van der Waals surface area contributed by atoms with Crippen LogP contribution in [0, 0.1) is 5.82 Å². The van der Waals surface area contributed by atoms with Crippen molar-refractivity contribution in [2.75, 3.05) is 31.1 Å². The summed E-state index contributed by atoms with van der Waals surface area (Å²) in [6, 6.07) is 14.4. The fraction of sp³-hybridized carbons (Fsp3) is 0.478. The largest absolute Gasteiger partial charge is 0.370 e. The Balaban J connectivity index is 1.56. The first-order chi connectivity index (χ1) is 14.5. The first-order valence-corrected chi connectivity index (χ1v) is 12.3. The molecule has 5 nitrogen and oxygen atoms in total. The second kappa shape index (κ2) is 9.04. The van der Waals surface area contributed by atoms with Crippen LogP contribution in [0.25, 0.3) is 0 Å². The molecule has 0 bridgehead atoms. The van der Waals surface area contributed by atoms with E-state index in [1.165, 1.54) is 4.31 Å². The van der Waals surface area contributed by atoms with Crippen molar-refractivity contribution in [2.45, 2.75) is 44.0 Å². The maximum atomic E-state index is 15.0. The molecule has 162 valence electrons. The molecule has 2 fully saturated rings. The summed E-state index contributed by atoms with van der Waals surface area (Å²) in [5, 5.41) is 2.78. The number of benzene rings is 2. The van der Waals surface area contributed by atoms with Crippen LogP contribution >= 0.6 is 0 Å². The average molecular weight is 432 g/mol. The number of hydrogen-bond acceptors (Lipinski definition) is 4. The van der Waals surface area contributed by atoms with Crippen LogP contribution in [-0.4, -0.2) is 44.9 Å². The number of nitrogens with zero attached hydrogens (tertiary/aromatic N) is 2. The van der Waals surface area contributed by atoms with Gasteiger partial charge in [0.05, 0.1) is 0 Å². The van der Waals surface area contributed by atoms with Gasteiger partial charge in [0.25, 0.3) is 0 Å². The van der Waals surface area contributed by atoms with E-state index in [9.17, 15) is 12.8 Å². The zero-order valence-corrected chi connectivity index (χ0v) is 18.2. The zero-order chi connectivity index (χ0) is 21.1. The number of sulfonamides is 1. The molecule has 2 heterocycles. The second-order valence-electron chi connectivity index (χ2n) is 8.28. The Hall–Kier alpha value is -1.96. The van der Waals surface area contributed by atoms with Crippen molar-refractivity contribution in [3.8, 4) is 0 Å². The monoisotopic (exact) mass is 431 g/mol. The molecule has 2 unspecified atom stereocenters. The van der Waals surface area contributed by atoms with Gasteiger partial charge in [0, 0.05) is 43.5 Å². The van der Waals surface area contributed by atoms with Crippen LogP contribution in [0.2, 0.25) is 0 Å². The third-order valence-corrected chi connectivity index (χ3v) is 8.63. The van der Waals surface area contributed by atoms with Crippen molar-refractivity contribution < 1.29 is 12.8 Å². The first-order valence-electron chi connectivity index (χ1n) is 10.8. The summed E-state index contributed by atoms with van der Waals surface area (Å²) in [7, 11) is -3.57. The van der Waals surface area contributed by atoms with Crippen LogP contribution < -0.4 is 10.2 Å². The summed E-state index contributed by atoms with van der Waals surface area (Å²) in [5.41, 5.74) is 2.09. The summed E-state index contributed by atoms with van der Waals surface area (Å²) >= 11 is 0. The SMILES string of the molecule is CC1CCC(c2ccccc2)S(=O)(=O)N1Cc1ccc(N2CCCNCC2)cc1F. The molecular weight excluding hydrogens is 401 g/mol. The Bertz CT molecular complexity index is 960. The highest BCUT2D eigenvalue weighted by Crippen LogP contribution is 2.38. The lowest BCUT2D eigenvalue weighted by Crippen LogP contribution is -2.44. The van der Waals surface area contributed by atoms with Gasteiger partial charge in [0.2, 0.25) is 10.0 Å². The molecule has 0 aromatic heterocycles. The highest BCUT2D eigenvalue weighted by atomic mass is 32.2. The minimum atomic E-state index is -3.57. The number of hydrogen-bond donors (Lipinski definition) is 1. The van der Waals surface area contributed by atoms with Crippen LogP contribution in [0.3, 0.4) is 0 Å².